The van der Waals surface area contributed by atoms with E-state index in [2.05, 4.69) is 15.6 Å². The number of nitrogens with one attached hydrogen (secondary N) is 3. The lowest BCUT2D eigenvalue weighted by Gasteiger charge is -2.12. The Balaban J connectivity index is 1.95. The van der Waals surface area contributed by atoms with Crippen molar-refractivity contribution in [2.24, 2.45) is 0 Å². The molecule has 0 bridgehead atoms. The molecule has 0 aliphatic rings. The quantitative estimate of drug-likeness (QED) is 0.578. The number of hydrogen-bond acceptors (Lipinski definition) is 3. The van der Waals surface area contributed by atoms with Crippen LogP contribution in [-0.2, 0) is 10.0 Å². The Kier molecular flexibility index (Phi) is 5.30. The van der Waals surface area contributed by atoms with Gasteiger partial charge in [-0.3, -0.25) is 5.43 Å². The molecule has 9 heteroatoms. The number of rotatable bonds is 4. The molecule has 0 aliphatic heterocycles. The zero-order valence-electron chi connectivity index (χ0n) is 11.0. The van der Waals surface area contributed by atoms with Crippen LogP contribution in [0.4, 0.5) is 10.1 Å². The maximum atomic E-state index is 12.8. The second-order valence-corrected chi connectivity index (χ2v) is 6.67. The Morgan fingerprint density at radius 2 is 1.64 bits per heavy atom. The minimum atomic E-state index is -3.85. The molecule has 3 N–H and O–H groups in total. The lowest BCUT2D eigenvalue weighted by Crippen LogP contribution is -2.43. The Morgan fingerprint density at radius 3 is 2.23 bits per heavy atom. The first-order chi connectivity index (χ1) is 10.4. The van der Waals surface area contributed by atoms with Crippen molar-refractivity contribution in [2.45, 2.75) is 4.90 Å². The van der Waals surface area contributed by atoms with E-state index in [9.17, 15) is 12.8 Å². The van der Waals surface area contributed by atoms with Crippen molar-refractivity contribution < 1.29 is 12.8 Å². The van der Waals surface area contributed by atoms with E-state index in [4.69, 9.17) is 23.8 Å². The molecule has 5 nitrogen and oxygen atoms in total. The summed E-state index contributed by atoms with van der Waals surface area (Å²) in [4.78, 5) is 2.01. The largest absolute Gasteiger partial charge is 0.332 e. The number of halogens is 2. The van der Waals surface area contributed by atoms with Gasteiger partial charge >= 0.3 is 0 Å². The molecule has 0 unspecified atom stereocenters. The van der Waals surface area contributed by atoms with Gasteiger partial charge < -0.3 is 5.32 Å². The fraction of sp³-hybridized carbons (Fsp3) is 0. The van der Waals surface area contributed by atoms with Gasteiger partial charge in [0.15, 0.2) is 5.11 Å². The molecule has 0 fully saturated rings. The van der Waals surface area contributed by atoms with Crippen molar-refractivity contribution in [2.75, 3.05) is 5.32 Å². The van der Waals surface area contributed by atoms with Gasteiger partial charge in [0.25, 0.3) is 10.0 Å². The van der Waals surface area contributed by atoms with Crippen molar-refractivity contribution in [3.63, 3.8) is 0 Å². The summed E-state index contributed by atoms with van der Waals surface area (Å²) >= 11 is 10.7. The van der Waals surface area contributed by atoms with Crippen LogP contribution in [0.25, 0.3) is 0 Å². The van der Waals surface area contributed by atoms with Crippen molar-refractivity contribution in [3.05, 3.63) is 59.4 Å². The molecule has 0 aromatic heterocycles. The molecule has 0 saturated heterocycles. The predicted molar refractivity (Wildman–Crippen MR) is 87.5 cm³/mol. The average molecular weight is 360 g/mol. The van der Waals surface area contributed by atoms with Crippen LogP contribution in [0.2, 0.25) is 5.02 Å². The normalized spacial score (nSPS) is 11.0. The zero-order valence-corrected chi connectivity index (χ0v) is 13.4. The van der Waals surface area contributed by atoms with Gasteiger partial charge in [-0.25, -0.2) is 12.8 Å². The zero-order chi connectivity index (χ0) is 16.2. The number of anilines is 1. The van der Waals surface area contributed by atoms with E-state index >= 15 is 0 Å². The van der Waals surface area contributed by atoms with E-state index in [1.807, 2.05) is 0 Å². The van der Waals surface area contributed by atoms with Crippen LogP contribution in [0.5, 0.6) is 0 Å². The van der Waals surface area contributed by atoms with Crippen molar-refractivity contribution in [3.8, 4) is 0 Å². The van der Waals surface area contributed by atoms with Gasteiger partial charge in [-0.2, -0.15) is 0 Å². The van der Waals surface area contributed by atoms with E-state index in [1.165, 1.54) is 0 Å². The molecular formula is C13H11ClFN3O2S2. The molecule has 2 rings (SSSR count). The van der Waals surface area contributed by atoms with E-state index in [-0.39, 0.29) is 10.0 Å². The van der Waals surface area contributed by atoms with Gasteiger partial charge in [-0.1, -0.05) is 11.6 Å². The minimum Gasteiger partial charge on any atom is -0.332 e. The average Bonchev–Trinajstić information content (AvgIpc) is 2.48. The Bertz CT molecular complexity index is 765. The molecular weight excluding hydrogens is 349 g/mol. The summed E-state index contributed by atoms with van der Waals surface area (Å²) in [5.74, 6) is -0.521. The maximum Gasteiger partial charge on any atom is 0.257 e. The third-order valence-electron chi connectivity index (χ3n) is 2.52. The molecule has 0 saturated carbocycles. The second kappa shape index (κ2) is 7.01. The Hall–Kier alpha value is -1.74. The minimum absolute atomic E-state index is 0.0491. The maximum absolute atomic E-state index is 12.8. The predicted octanol–water partition coefficient (Wildman–Crippen LogP) is 2.66. The number of hydrazine groups is 1. The number of benzene rings is 2. The van der Waals surface area contributed by atoms with Crippen molar-refractivity contribution in [1.29, 1.82) is 0 Å². The van der Waals surface area contributed by atoms with Gasteiger partial charge in [-0.15, -0.1) is 4.83 Å². The summed E-state index contributed by atoms with van der Waals surface area (Å²) in [6.07, 6.45) is 0. The molecule has 0 aliphatic carbocycles. The summed E-state index contributed by atoms with van der Waals surface area (Å²) in [5, 5.41) is 3.40. The number of sulfonamides is 1. The first kappa shape index (κ1) is 16.6. The van der Waals surface area contributed by atoms with Gasteiger partial charge in [0, 0.05) is 10.7 Å². The summed E-state index contributed by atoms with van der Waals surface area (Å²) in [7, 11) is -3.85. The summed E-state index contributed by atoms with van der Waals surface area (Å²) in [5.41, 5.74) is 3.00. The van der Waals surface area contributed by atoms with Gasteiger partial charge in [0.05, 0.1) is 4.90 Å². The van der Waals surface area contributed by atoms with Crippen LogP contribution in [0.1, 0.15) is 0 Å². The molecule has 0 radical (unpaired) electrons. The highest BCUT2D eigenvalue weighted by molar-refractivity contribution is 7.89. The van der Waals surface area contributed by atoms with Crippen LogP contribution < -0.4 is 15.6 Å². The Morgan fingerprint density at radius 1 is 1.05 bits per heavy atom. The highest BCUT2D eigenvalue weighted by Crippen LogP contribution is 2.13. The molecule has 0 atom stereocenters. The molecule has 0 amide bonds. The third-order valence-corrected chi connectivity index (χ3v) is 4.24. The smallest absolute Gasteiger partial charge is 0.257 e. The number of thiocarbonyl (C=S) groups is 1. The summed E-state index contributed by atoms with van der Waals surface area (Å²) in [6, 6.07) is 11.1. The van der Waals surface area contributed by atoms with Crippen LogP contribution in [-0.4, -0.2) is 13.5 Å². The summed E-state index contributed by atoms with van der Waals surface area (Å²) in [6.45, 7) is 0. The van der Waals surface area contributed by atoms with Crippen molar-refractivity contribution >= 4 is 44.6 Å². The molecule has 0 spiro atoms. The van der Waals surface area contributed by atoms with Crippen LogP contribution in [0.3, 0.4) is 0 Å². The number of hydrogen-bond donors (Lipinski definition) is 3. The van der Waals surface area contributed by atoms with E-state index < -0.39 is 15.8 Å². The van der Waals surface area contributed by atoms with Gasteiger partial charge in [-0.05, 0) is 60.7 Å². The topological polar surface area (TPSA) is 70.2 Å². The van der Waals surface area contributed by atoms with Gasteiger partial charge in [0.1, 0.15) is 5.82 Å². The molecule has 2 aromatic rings. The SMILES string of the molecule is O=S(=O)(NNC(=S)Nc1ccc(Cl)cc1)c1ccc(F)cc1. The van der Waals surface area contributed by atoms with Gasteiger partial charge in [0.2, 0.25) is 0 Å². The highest BCUT2D eigenvalue weighted by Gasteiger charge is 2.14. The standard InChI is InChI=1S/C13H11ClFN3O2S2/c14-9-1-5-11(6-2-9)16-13(21)17-18-22(19,20)12-7-3-10(15)4-8-12/h1-8,18H,(H2,16,17,21). The lowest BCUT2D eigenvalue weighted by molar-refractivity contribution is 0.577. The monoisotopic (exact) mass is 359 g/mol. The van der Waals surface area contributed by atoms with Crippen molar-refractivity contribution in [1.82, 2.24) is 10.3 Å². The molecule has 116 valence electrons. The Labute approximate surface area is 137 Å². The fourth-order valence-electron chi connectivity index (χ4n) is 1.48. The van der Waals surface area contributed by atoms with Crippen LogP contribution >= 0.6 is 23.8 Å². The highest BCUT2D eigenvalue weighted by atomic mass is 35.5. The molecule has 22 heavy (non-hydrogen) atoms. The molecule has 2 aromatic carbocycles. The molecule has 0 heterocycles. The second-order valence-electron chi connectivity index (χ2n) is 4.15. The summed E-state index contributed by atoms with van der Waals surface area (Å²) < 4.78 is 36.7. The van der Waals surface area contributed by atoms with Crippen LogP contribution in [0, 0.1) is 5.82 Å². The van der Waals surface area contributed by atoms with E-state index in [0.29, 0.717) is 10.7 Å². The van der Waals surface area contributed by atoms with Crippen LogP contribution in [0.15, 0.2) is 53.4 Å². The lowest BCUT2D eigenvalue weighted by atomic mass is 10.3. The third kappa shape index (κ3) is 4.63. The van der Waals surface area contributed by atoms with E-state index in [1.54, 1.807) is 24.3 Å². The first-order valence-corrected chi connectivity index (χ1v) is 8.24. The fourth-order valence-corrected chi connectivity index (χ4v) is 2.69. The van der Waals surface area contributed by atoms with E-state index in [0.717, 1.165) is 24.3 Å². The first-order valence-electron chi connectivity index (χ1n) is 5.97.